The van der Waals surface area contributed by atoms with Crippen molar-refractivity contribution in [3.63, 3.8) is 0 Å². The summed E-state index contributed by atoms with van der Waals surface area (Å²) in [6.45, 7) is 0. The van der Waals surface area contributed by atoms with Crippen LogP contribution in [-0.4, -0.2) is 35.2 Å². The lowest BCUT2D eigenvalue weighted by molar-refractivity contribution is -0.138. The number of rotatable bonds is 4. The van der Waals surface area contributed by atoms with E-state index < -0.39 is 18.0 Å². The number of hydrogen-bond donors (Lipinski definition) is 4. The maximum atomic E-state index is 10.1. The lowest BCUT2D eigenvalue weighted by Crippen LogP contribution is -2.30. The minimum atomic E-state index is -0.913. The highest BCUT2D eigenvalue weighted by atomic mass is 32.2. The maximum Gasteiger partial charge on any atom is 0.320 e. The first-order valence-corrected chi connectivity index (χ1v) is 4.83. The Balaban J connectivity index is 0. The first-order chi connectivity index (χ1) is 5.91. The van der Waals surface area contributed by atoms with Crippen LogP contribution in [0.5, 0.6) is 0 Å². The number of urea groups is 1. The molecule has 13 heavy (non-hydrogen) atoms. The number of carboxylic acid groups (broad SMARTS) is 1. The zero-order valence-corrected chi connectivity index (χ0v) is 8.21. The zero-order valence-electron chi connectivity index (χ0n) is 7.40. The van der Waals surface area contributed by atoms with Crippen LogP contribution in [-0.2, 0) is 4.79 Å². The van der Waals surface area contributed by atoms with E-state index in [1.807, 2.05) is 6.26 Å². The summed E-state index contributed by atoms with van der Waals surface area (Å²) in [4.78, 5) is 19.1. The average molecular weight is 209 g/mol. The van der Waals surface area contributed by atoms with E-state index in [0.717, 1.165) is 5.75 Å². The quantitative estimate of drug-likeness (QED) is 0.480. The first kappa shape index (κ1) is 14.6. The molecule has 0 aromatic carbocycles. The minimum Gasteiger partial charge on any atom is -0.480 e. The number of thioether (sulfide) groups is 1. The van der Waals surface area contributed by atoms with Crippen molar-refractivity contribution in [3.05, 3.63) is 0 Å². The van der Waals surface area contributed by atoms with Crippen molar-refractivity contribution in [3.8, 4) is 0 Å². The Kier molecular flexibility index (Phi) is 10.2. The smallest absolute Gasteiger partial charge is 0.320 e. The van der Waals surface area contributed by atoms with Crippen molar-refractivity contribution < 1.29 is 14.7 Å². The van der Waals surface area contributed by atoms with Gasteiger partial charge in [0.25, 0.3) is 0 Å². The molecule has 0 bridgehead atoms. The molecule has 0 spiro atoms. The van der Waals surface area contributed by atoms with Gasteiger partial charge in [0.15, 0.2) is 0 Å². The van der Waals surface area contributed by atoms with Gasteiger partial charge in [-0.2, -0.15) is 11.8 Å². The molecule has 0 heterocycles. The van der Waals surface area contributed by atoms with Crippen LogP contribution in [0.15, 0.2) is 0 Å². The van der Waals surface area contributed by atoms with Gasteiger partial charge in [0, 0.05) is 0 Å². The number of carboxylic acids is 1. The van der Waals surface area contributed by atoms with Gasteiger partial charge >= 0.3 is 12.0 Å². The van der Waals surface area contributed by atoms with E-state index in [1.165, 1.54) is 0 Å². The summed E-state index contributed by atoms with van der Waals surface area (Å²) in [6.07, 6.45) is 2.48. The molecule has 1 atom stereocenters. The number of amides is 2. The van der Waals surface area contributed by atoms with Crippen LogP contribution in [0.3, 0.4) is 0 Å². The minimum absolute atomic E-state index is 0.552. The molecule has 0 aliphatic heterocycles. The van der Waals surface area contributed by atoms with Gasteiger partial charge < -0.3 is 22.3 Å². The Bertz CT molecular complexity index is 161. The molecule has 0 aliphatic rings. The van der Waals surface area contributed by atoms with Gasteiger partial charge in [-0.3, -0.25) is 4.79 Å². The number of aliphatic carboxylic acids is 1. The highest BCUT2D eigenvalue weighted by molar-refractivity contribution is 7.98. The fourth-order valence-corrected chi connectivity index (χ4v) is 0.858. The van der Waals surface area contributed by atoms with Crippen LogP contribution >= 0.6 is 11.8 Å². The van der Waals surface area contributed by atoms with Gasteiger partial charge in [0.05, 0.1) is 0 Å². The van der Waals surface area contributed by atoms with Gasteiger partial charge in [-0.05, 0) is 18.4 Å². The third-order valence-electron chi connectivity index (χ3n) is 0.950. The van der Waals surface area contributed by atoms with Gasteiger partial charge in [-0.1, -0.05) is 0 Å². The number of nitrogens with two attached hydrogens (primary N) is 3. The van der Waals surface area contributed by atoms with Gasteiger partial charge in [-0.15, -0.1) is 0 Å². The van der Waals surface area contributed by atoms with Crippen LogP contribution in [0.4, 0.5) is 4.79 Å². The third-order valence-corrected chi connectivity index (χ3v) is 1.59. The number of primary amides is 2. The maximum absolute atomic E-state index is 10.1. The Hall–Kier alpha value is -0.950. The molecule has 0 aromatic rings. The summed E-state index contributed by atoms with van der Waals surface area (Å²) in [5, 5.41) is 8.27. The predicted octanol–water partition coefficient (Wildman–Crippen LogP) is -0.825. The molecule has 0 radical (unpaired) electrons. The number of hydrogen-bond acceptors (Lipinski definition) is 4. The normalized spacial score (nSPS) is 10.9. The summed E-state index contributed by atoms with van der Waals surface area (Å²) >= 11 is 1.60. The second kappa shape index (κ2) is 9.14. The van der Waals surface area contributed by atoms with E-state index in [-0.39, 0.29) is 0 Å². The summed E-state index contributed by atoms with van der Waals surface area (Å²) in [5.41, 5.74) is 13.7. The lowest BCUT2D eigenvalue weighted by Gasteiger charge is -2.02. The van der Waals surface area contributed by atoms with Crippen molar-refractivity contribution in [2.45, 2.75) is 12.5 Å². The van der Waals surface area contributed by atoms with Crippen molar-refractivity contribution >= 4 is 23.8 Å². The highest BCUT2D eigenvalue weighted by Crippen LogP contribution is 1.97. The molecule has 2 amide bonds. The highest BCUT2D eigenvalue weighted by Gasteiger charge is 2.08. The van der Waals surface area contributed by atoms with Crippen LogP contribution in [0.2, 0.25) is 0 Å². The van der Waals surface area contributed by atoms with Crippen molar-refractivity contribution in [1.29, 1.82) is 0 Å². The molecule has 0 aliphatic carbocycles. The van der Waals surface area contributed by atoms with E-state index in [2.05, 4.69) is 11.5 Å². The molecule has 7 heteroatoms. The zero-order chi connectivity index (χ0) is 10.9. The first-order valence-electron chi connectivity index (χ1n) is 3.44. The van der Waals surface area contributed by atoms with E-state index in [4.69, 9.17) is 15.6 Å². The Morgan fingerprint density at radius 3 is 2.08 bits per heavy atom. The van der Waals surface area contributed by atoms with Gasteiger partial charge in [0.2, 0.25) is 0 Å². The fraction of sp³-hybridized carbons (Fsp3) is 0.667. The van der Waals surface area contributed by atoms with E-state index in [0.29, 0.717) is 6.42 Å². The van der Waals surface area contributed by atoms with E-state index >= 15 is 0 Å². The predicted molar refractivity (Wildman–Crippen MR) is 52.4 cm³/mol. The molecule has 6 nitrogen and oxygen atoms in total. The molecular weight excluding hydrogens is 194 g/mol. The van der Waals surface area contributed by atoms with E-state index in [9.17, 15) is 4.79 Å². The monoisotopic (exact) mass is 209 g/mol. The van der Waals surface area contributed by atoms with Crippen LogP contribution < -0.4 is 17.2 Å². The van der Waals surface area contributed by atoms with E-state index in [1.54, 1.807) is 11.8 Å². The summed E-state index contributed by atoms with van der Waals surface area (Å²) in [7, 11) is 0. The molecule has 0 saturated heterocycles. The molecule has 0 rings (SSSR count). The molecular formula is C6H15N3O3S. The number of carbonyl (C=O) groups excluding carboxylic acids is 1. The molecule has 0 saturated carbocycles. The van der Waals surface area contributed by atoms with Gasteiger partial charge in [-0.25, -0.2) is 4.79 Å². The molecule has 78 valence electrons. The largest absolute Gasteiger partial charge is 0.480 e. The summed E-state index contributed by atoms with van der Waals surface area (Å²) in [6, 6.07) is -1.52. The van der Waals surface area contributed by atoms with Crippen molar-refractivity contribution in [2.75, 3.05) is 12.0 Å². The summed E-state index contributed by atoms with van der Waals surface area (Å²) < 4.78 is 0. The Morgan fingerprint density at radius 1 is 1.46 bits per heavy atom. The number of carbonyl (C=O) groups is 2. The van der Waals surface area contributed by atoms with Crippen LogP contribution in [0.1, 0.15) is 6.42 Å². The molecule has 0 unspecified atom stereocenters. The second-order valence-electron chi connectivity index (χ2n) is 2.13. The van der Waals surface area contributed by atoms with Crippen LogP contribution in [0.25, 0.3) is 0 Å². The topological polar surface area (TPSA) is 132 Å². The molecule has 0 aromatic heterocycles. The average Bonchev–Trinajstić information content (AvgIpc) is 1.98. The standard InChI is InChI=1S/C5H11NO2S.CH4N2O/c1-9-3-2-4(6)5(7)8;2-1(3)4/h4H,2-3,6H2,1H3,(H,7,8);(H4,2,3,4)/t4-;/m0./s1. The SMILES string of the molecule is CSCC[C@H](N)C(=O)O.NC(N)=O. The summed E-state index contributed by atoms with van der Waals surface area (Å²) in [5.74, 6) is -0.1000. The second-order valence-corrected chi connectivity index (χ2v) is 3.11. The van der Waals surface area contributed by atoms with Crippen molar-refractivity contribution in [1.82, 2.24) is 0 Å². The van der Waals surface area contributed by atoms with Crippen LogP contribution in [0, 0.1) is 0 Å². The fourth-order valence-electron chi connectivity index (χ4n) is 0.368. The molecule has 0 fully saturated rings. The Morgan fingerprint density at radius 2 is 1.85 bits per heavy atom. The lowest BCUT2D eigenvalue weighted by atomic mass is 10.2. The third kappa shape index (κ3) is 18.2. The molecule has 7 N–H and O–H groups in total. The van der Waals surface area contributed by atoms with Crippen molar-refractivity contribution in [2.24, 2.45) is 17.2 Å². The van der Waals surface area contributed by atoms with Gasteiger partial charge in [0.1, 0.15) is 6.04 Å². The Labute approximate surface area is 80.8 Å².